The van der Waals surface area contributed by atoms with Gasteiger partial charge >= 0.3 is 0 Å². The minimum Gasteiger partial charge on any atom is -0.455 e. The Morgan fingerprint density at radius 3 is 1.57 bits per heavy atom. The molecule has 0 aliphatic rings. The van der Waals surface area contributed by atoms with Crippen LogP contribution in [-0.4, -0.2) is 9.97 Å². The van der Waals surface area contributed by atoms with Crippen LogP contribution in [0.15, 0.2) is 199 Å². The van der Waals surface area contributed by atoms with Crippen molar-refractivity contribution in [3.8, 4) is 67.3 Å². The van der Waals surface area contributed by atoms with Crippen molar-refractivity contribution >= 4 is 32.7 Å². The minimum atomic E-state index is 0.702. The van der Waals surface area contributed by atoms with Crippen molar-refractivity contribution in [1.29, 1.82) is 0 Å². The van der Waals surface area contributed by atoms with Gasteiger partial charge in [0.1, 0.15) is 11.2 Å². The summed E-state index contributed by atoms with van der Waals surface area (Å²) in [5, 5.41) is 4.58. The van der Waals surface area contributed by atoms with E-state index in [1.807, 2.05) is 24.3 Å². The molecule has 8 aromatic carbocycles. The summed E-state index contributed by atoms with van der Waals surface area (Å²) in [4.78, 5) is 10.2. The predicted octanol–water partition coefficient (Wildman–Crippen LogP) is 13.5. The van der Waals surface area contributed by atoms with E-state index in [-0.39, 0.29) is 0 Å². The second kappa shape index (κ2) is 12.9. The van der Waals surface area contributed by atoms with Crippen LogP contribution in [0.2, 0.25) is 0 Å². The molecule has 0 aliphatic heterocycles. The van der Waals surface area contributed by atoms with Crippen molar-refractivity contribution in [2.45, 2.75) is 0 Å². The van der Waals surface area contributed by atoms with Crippen molar-refractivity contribution in [3.05, 3.63) is 194 Å². The Balaban J connectivity index is 1.02. The van der Waals surface area contributed by atoms with Crippen LogP contribution in [0.25, 0.3) is 100.0 Å². The molecule has 0 atom stereocenters. The third-order valence-corrected chi connectivity index (χ3v) is 10.1. The van der Waals surface area contributed by atoms with E-state index in [1.54, 1.807) is 0 Å². The van der Waals surface area contributed by atoms with Gasteiger partial charge in [-0.3, -0.25) is 0 Å². The fraction of sp³-hybridized carbons (Fsp3) is 0. The third-order valence-electron chi connectivity index (χ3n) is 10.1. The number of nitrogens with zero attached hydrogens (tertiary/aromatic N) is 2. The van der Waals surface area contributed by atoms with E-state index < -0.39 is 0 Å². The van der Waals surface area contributed by atoms with E-state index in [2.05, 4.69) is 170 Å². The van der Waals surface area contributed by atoms with E-state index in [0.29, 0.717) is 5.82 Å². The molecule has 2 heterocycles. The molecule has 53 heavy (non-hydrogen) atoms. The van der Waals surface area contributed by atoms with Gasteiger partial charge in [-0.15, -0.1) is 0 Å². The fourth-order valence-corrected chi connectivity index (χ4v) is 7.34. The van der Waals surface area contributed by atoms with Crippen molar-refractivity contribution in [2.75, 3.05) is 0 Å². The number of benzene rings is 8. The molecule has 10 aromatic rings. The first-order chi connectivity index (χ1) is 26.2. The molecule has 248 valence electrons. The second-order valence-electron chi connectivity index (χ2n) is 13.4. The Morgan fingerprint density at radius 2 is 0.830 bits per heavy atom. The molecule has 0 bridgehead atoms. The molecular weight excluding hydrogens is 645 g/mol. The van der Waals surface area contributed by atoms with Crippen LogP contribution in [0.1, 0.15) is 0 Å². The van der Waals surface area contributed by atoms with Crippen molar-refractivity contribution in [2.24, 2.45) is 0 Å². The number of rotatable bonds is 6. The standard InChI is InChI=1S/C50H32N2O/c1-3-11-33(12-4-1)34-21-23-36(24-22-34)46-32-47(52-50(51-46)37-14-5-2-6-15-37)42-19-10-18-40(30-42)38-16-9-17-39(29-38)41-26-28-48-45(31-41)44-27-25-35-13-7-8-20-43(35)49(44)53-48/h1-32H. The van der Waals surface area contributed by atoms with Crippen LogP contribution in [0.4, 0.5) is 0 Å². The van der Waals surface area contributed by atoms with E-state index >= 15 is 0 Å². The van der Waals surface area contributed by atoms with Crippen LogP contribution in [0.5, 0.6) is 0 Å². The maximum absolute atomic E-state index is 6.39. The SMILES string of the molecule is c1ccc(-c2ccc(-c3cc(-c4cccc(-c5cccc(-c6ccc7oc8c9ccccc9ccc8c7c6)c5)c4)nc(-c4ccccc4)n3)cc2)cc1. The molecule has 3 nitrogen and oxygen atoms in total. The monoisotopic (exact) mass is 676 g/mol. The number of hydrogen-bond acceptors (Lipinski definition) is 3. The Bertz CT molecular complexity index is 2930. The van der Waals surface area contributed by atoms with Gasteiger partial charge in [-0.25, -0.2) is 9.97 Å². The summed E-state index contributed by atoms with van der Waals surface area (Å²) in [5.74, 6) is 0.702. The summed E-state index contributed by atoms with van der Waals surface area (Å²) in [6.45, 7) is 0. The Hall–Kier alpha value is -7.10. The van der Waals surface area contributed by atoms with Crippen LogP contribution in [-0.2, 0) is 0 Å². The van der Waals surface area contributed by atoms with E-state index in [1.165, 1.54) is 16.5 Å². The van der Waals surface area contributed by atoms with Gasteiger partial charge in [0.2, 0.25) is 0 Å². The normalized spacial score (nSPS) is 11.4. The molecule has 0 radical (unpaired) electrons. The van der Waals surface area contributed by atoms with Gasteiger partial charge in [0.05, 0.1) is 11.4 Å². The van der Waals surface area contributed by atoms with Crippen LogP contribution >= 0.6 is 0 Å². The molecule has 0 fully saturated rings. The van der Waals surface area contributed by atoms with Crippen LogP contribution in [0.3, 0.4) is 0 Å². The first-order valence-corrected chi connectivity index (χ1v) is 17.9. The zero-order valence-corrected chi connectivity index (χ0v) is 28.8. The molecule has 3 heteroatoms. The van der Waals surface area contributed by atoms with Gasteiger partial charge in [0, 0.05) is 32.8 Å². The molecule has 0 amide bonds. The van der Waals surface area contributed by atoms with Gasteiger partial charge in [0.25, 0.3) is 0 Å². The van der Waals surface area contributed by atoms with Gasteiger partial charge < -0.3 is 4.42 Å². The molecule has 10 rings (SSSR count). The summed E-state index contributed by atoms with van der Waals surface area (Å²) in [5.41, 5.74) is 13.6. The zero-order valence-electron chi connectivity index (χ0n) is 28.8. The lowest BCUT2D eigenvalue weighted by atomic mass is 9.96. The molecule has 0 N–H and O–H groups in total. The Kier molecular flexibility index (Phi) is 7.47. The topological polar surface area (TPSA) is 38.9 Å². The maximum Gasteiger partial charge on any atom is 0.160 e. The molecule has 0 unspecified atom stereocenters. The van der Waals surface area contributed by atoms with Crippen molar-refractivity contribution in [3.63, 3.8) is 0 Å². The average Bonchev–Trinajstić information content (AvgIpc) is 3.63. The molecular formula is C50H32N2O. The predicted molar refractivity (Wildman–Crippen MR) is 219 cm³/mol. The van der Waals surface area contributed by atoms with Crippen LogP contribution < -0.4 is 0 Å². The van der Waals surface area contributed by atoms with Crippen molar-refractivity contribution < 1.29 is 4.42 Å². The largest absolute Gasteiger partial charge is 0.455 e. The Morgan fingerprint density at radius 1 is 0.302 bits per heavy atom. The third kappa shape index (κ3) is 5.75. The molecule has 0 saturated carbocycles. The summed E-state index contributed by atoms with van der Waals surface area (Å²) in [6, 6.07) is 68.1. The number of hydrogen-bond donors (Lipinski definition) is 0. The zero-order chi connectivity index (χ0) is 35.1. The molecule has 0 spiro atoms. The molecule has 0 saturated heterocycles. The van der Waals surface area contributed by atoms with E-state index in [0.717, 1.165) is 77.7 Å². The highest BCUT2D eigenvalue weighted by Gasteiger charge is 2.14. The highest BCUT2D eigenvalue weighted by atomic mass is 16.3. The lowest BCUT2D eigenvalue weighted by molar-refractivity contribution is 0.672. The maximum atomic E-state index is 6.39. The summed E-state index contributed by atoms with van der Waals surface area (Å²) >= 11 is 0. The smallest absolute Gasteiger partial charge is 0.160 e. The van der Waals surface area contributed by atoms with E-state index in [4.69, 9.17) is 14.4 Å². The second-order valence-corrected chi connectivity index (χ2v) is 13.4. The quantitative estimate of drug-likeness (QED) is 0.176. The van der Waals surface area contributed by atoms with Gasteiger partial charge in [-0.2, -0.15) is 0 Å². The lowest BCUT2D eigenvalue weighted by Gasteiger charge is -2.12. The first kappa shape index (κ1) is 30.7. The minimum absolute atomic E-state index is 0.702. The average molecular weight is 677 g/mol. The van der Waals surface area contributed by atoms with Gasteiger partial charge in [-0.05, 0) is 75.2 Å². The number of fused-ring (bicyclic) bond motifs is 5. The molecule has 2 aromatic heterocycles. The highest BCUT2D eigenvalue weighted by Crippen LogP contribution is 2.37. The lowest BCUT2D eigenvalue weighted by Crippen LogP contribution is -1.96. The number of aromatic nitrogens is 2. The van der Waals surface area contributed by atoms with Gasteiger partial charge in [0.15, 0.2) is 5.82 Å². The van der Waals surface area contributed by atoms with Crippen LogP contribution in [0, 0.1) is 0 Å². The molecule has 0 aliphatic carbocycles. The summed E-state index contributed by atoms with van der Waals surface area (Å²) < 4.78 is 6.39. The van der Waals surface area contributed by atoms with Crippen molar-refractivity contribution in [1.82, 2.24) is 9.97 Å². The van der Waals surface area contributed by atoms with Gasteiger partial charge in [-0.1, -0.05) is 158 Å². The summed E-state index contributed by atoms with van der Waals surface area (Å²) in [7, 11) is 0. The number of furan rings is 1. The van der Waals surface area contributed by atoms with E-state index in [9.17, 15) is 0 Å². The fourth-order valence-electron chi connectivity index (χ4n) is 7.34. The summed E-state index contributed by atoms with van der Waals surface area (Å²) in [6.07, 6.45) is 0. The Labute approximate surface area is 307 Å². The highest BCUT2D eigenvalue weighted by molar-refractivity contribution is 6.15. The first-order valence-electron chi connectivity index (χ1n) is 17.9.